The van der Waals surface area contributed by atoms with Gasteiger partial charge in [-0.3, -0.25) is 9.69 Å². The molecule has 1 saturated heterocycles. The summed E-state index contributed by atoms with van der Waals surface area (Å²) in [6.07, 6.45) is 3.62. The second kappa shape index (κ2) is 10.8. The molecule has 0 aliphatic carbocycles. The molecule has 5 rings (SSSR count). The molecule has 0 saturated carbocycles. The SMILES string of the molecule is Cc1c(C(=O)N2CCC[C@@H](COc3ccc(CN(C)Cc4ccon4)cc3)C2)[nH]c2ccc(Cl)cc12. The van der Waals surface area contributed by atoms with Crippen molar-refractivity contribution in [1.29, 1.82) is 0 Å². The lowest BCUT2D eigenvalue weighted by Crippen LogP contribution is -2.42. The molecule has 2 aromatic heterocycles. The first-order valence-corrected chi connectivity index (χ1v) is 12.7. The number of benzene rings is 2. The maximum absolute atomic E-state index is 13.3. The second-order valence-corrected chi connectivity index (χ2v) is 10.1. The molecule has 188 valence electrons. The Labute approximate surface area is 216 Å². The van der Waals surface area contributed by atoms with Gasteiger partial charge in [0.2, 0.25) is 0 Å². The number of fused-ring (bicyclic) bond motifs is 1. The van der Waals surface area contributed by atoms with Gasteiger partial charge in [-0.1, -0.05) is 28.9 Å². The number of H-pyrrole nitrogens is 1. The van der Waals surface area contributed by atoms with Gasteiger partial charge in [0, 0.05) is 54.1 Å². The van der Waals surface area contributed by atoms with E-state index >= 15 is 0 Å². The minimum absolute atomic E-state index is 0.0450. The smallest absolute Gasteiger partial charge is 0.270 e. The topological polar surface area (TPSA) is 74.6 Å². The van der Waals surface area contributed by atoms with Crippen LogP contribution in [0.1, 0.15) is 40.2 Å². The van der Waals surface area contributed by atoms with Crippen LogP contribution in [0.2, 0.25) is 5.02 Å². The number of rotatable bonds is 8. The van der Waals surface area contributed by atoms with Gasteiger partial charge in [-0.05, 0) is 68.3 Å². The van der Waals surface area contributed by atoms with E-state index in [0.717, 1.165) is 60.4 Å². The Balaban J connectivity index is 1.14. The number of hydrogen-bond acceptors (Lipinski definition) is 5. The quantitative estimate of drug-likeness (QED) is 0.333. The van der Waals surface area contributed by atoms with E-state index in [9.17, 15) is 4.79 Å². The molecule has 1 atom stereocenters. The zero-order valence-corrected chi connectivity index (χ0v) is 21.4. The third kappa shape index (κ3) is 5.58. The third-order valence-electron chi connectivity index (χ3n) is 6.83. The molecule has 1 aliphatic rings. The average molecular weight is 507 g/mol. The number of aryl methyl sites for hydroxylation is 1. The van der Waals surface area contributed by atoms with Gasteiger partial charge in [0.05, 0.1) is 12.3 Å². The number of hydrogen-bond donors (Lipinski definition) is 1. The summed E-state index contributed by atoms with van der Waals surface area (Å²) in [4.78, 5) is 20.8. The van der Waals surface area contributed by atoms with E-state index in [1.807, 2.05) is 48.2 Å². The van der Waals surface area contributed by atoms with Crippen LogP contribution in [-0.2, 0) is 13.1 Å². The molecule has 8 heteroatoms. The maximum atomic E-state index is 13.3. The predicted octanol–water partition coefficient (Wildman–Crippen LogP) is 5.68. The number of halogens is 1. The van der Waals surface area contributed by atoms with Gasteiger partial charge < -0.3 is 19.1 Å². The van der Waals surface area contributed by atoms with Crippen molar-refractivity contribution in [2.45, 2.75) is 32.9 Å². The number of ether oxygens (including phenoxy) is 1. The number of likely N-dealkylation sites (tertiary alicyclic amines) is 1. The number of aromatic nitrogens is 2. The van der Waals surface area contributed by atoms with Crippen molar-refractivity contribution >= 4 is 28.4 Å². The summed E-state index contributed by atoms with van der Waals surface area (Å²) >= 11 is 6.16. The largest absolute Gasteiger partial charge is 0.493 e. The Hall–Kier alpha value is -3.29. The molecule has 1 aliphatic heterocycles. The van der Waals surface area contributed by atoms with Crippen LogP contribution in [0.15, 0.2) is 59.3 Å². The highest BCUT2D eigenvalue weighted by molar-refractivity contribution is 6.31. The first-order chi connectivity index (χ1) is 17.5. The van der Waals surface area contributed by atoms with Crippen LogP contribution in [0.5, 0.6) is 5.75 Å². The van der Waals surface area contributed by atoms with E-state index in [0.29, 0.717) is 29.8 Å². The molecule has 0 radical (unpaired) electrons. The Kier molecular flexibility index (Phi) is 7.30. The Morgan fingerprint density at radius 3 is 2.83 bits per heavy atom. The fourth-order valence-corrected chi connectivity index (χ4v) is 5.10. The molecular formula is C28H31ClN4O3. The second-order valence-electron chi connectivity index (χ2n) is 9.69. The van der Waals surface area contributed by atoms with Crippen molar-refractivity contribution in [3.05, 3.63) is 82.3 Å². The van der Waals surface area contributed by atoms with Gasteiger partial charge in [-0.15, -0.1) is 0 Å². The molecule has 4 aromatic rings. The fourth-order valence-electron chi connectivity index (χ4n) is 4.92. The van der Waals surface area contributed by atoms with E-state index in [2.05, 4.69) is 34.2 Å². The van der Waals surface area contributed by atoms with Gasteiger partial charge in [0.25, 0.3) is 5.91 Å². The Morgan fingerprint density at radius 1 is 1.22 bits per heavy atom. The number of amides is 1. The zero-order chi connectivity index (χ0) is 25.1. The van der Waals surface area contributed by atoms with Crippen LogP contribution in [0.25, 0.3) is 10.9 Å². The first-order valence-electron chi connectivity index (χ1n) is 12.3. The molecule has 0 bridgehead atoms. The van der Waals surface area contributed by atoms with Crippen molar-refractivity contribution in [3.63, 3.8) is 0 Å². The van der Waals surface area contributed by atoms with Crippen molar-refractivity contribution in [2.24, 2.45) is 5.92 Å². The highest BCUT2D eigenvalue weighted by Gasteiger charge is 2.27. The van der Waals surface area contributed by atoms with Crippen LogP contribution in [0.4, 0.5) is 0 Å². The van der Waals surface area contributed by atoms with E-state index in [-0.39, 0.29) is 5.91 Å². The lowest BCUT2D eigenvalue weighted by molar-refractivity contribution is 0.0628. The summed E-state index contributed by atoms with van der Waals surface area (Å²) in [5.74, 6) is 1.20. The van der Waals surface area contributed by atoms with Gasteiger partial charge in [0.15, 0.2) is 0 Å². The predicted molar refractivity (Wildman–Crippen MR) is 140 cm³/mol. The number of aromatic amines is 1. The lowest BCUT2D eigenvalue weighted by atomic mass is 9.98. The molecule has 1 amide bonds. The summed E-state index contributed by atoms with van der Waals surface area (Å²) in [5, 5.41) is 5.63. The minimum atomic E-state index is 0.0450. The molecule has 36 heavy (non-hydrogen) atoms. The van der Waals surface area contributed by atoms with Crippen LogP contribution in [0, 0.1) is 12.8 Å². The lowest BCUT2D eigenvalue weighted by Gasteiger charge is -2.32. The monoisotopic (exact) mass is 506 g/mol. The van der Waals surface area contributed by atoms with Gasteiger partial charge in [0.1, 0.15) is 17.7 Å². The first kappa shape index (κ1) is 24.4. The Bertz CT molecular complexity index is 1320. The van der Waals surface area contributed by atoms with E-state index < -0.39 is 0 Å². The maximum Gasteiger partial charge on any atom is 0.270 e. The molecule has 0 unspecified atom stereocenters. The summed E-state index contributed by atoms with van der Waals surface area (Å²) in [6.45, 7) is 5.57. The van der Waals surface area contributed by atoms with E-state index in [4.69, 9.17) is 20.9 Å². The molecule has 2 aromatic carbocycles. The minimum Gasteiger partial charge on any atom is -0.493 e. The standard InChI is InChI=1S/C28H31ClN4O3/c1-19-25-14-22(29)7-10-26(25)30-27(19)28(34)33-12-3-4-21(16-33)18-35-24-8-5-20(6-9-24)15-32(2)17-23-11-13-36-31-23/h5-11,13-14,21,30H,3-4,12,15-18H2,1-2H3/t21-/m1/s1. The summed E-state index contributed by atoms with van der Waals surface area (Å²) in [5.41, 5.74) is 4.66. The molecule has 7 nitrogen and oxygen atoms in total. The van der Waals surface area contributed by atoms with Crippen molar-refractivity contribution in [1.82, 2.24) is 19.9 Å². The van der Waals surface area contributed by atoms with Crippen LogP contribution in [0.3, 0.4) is 0 Å². The summed E-state index contributed by atoms with van der Waals surface area (Å²) in [7, 11) is 2.06. The highest BCUT2D eigenvalue weighted by atomic mass is 35.5. The zero-order valence-electron chi connectivity index (χ0n) is 20.7. The normalized spacial score (nSPS) is 16.1. The van der Waals surface area contributed by atoms with Crippen LogP contribution < -0.4 is 4.74 Å². The van der Waals surface area contributed by atoms with E-state index in [1.54, 1.807) is 6.26 Å². The van der Waals surface area contributed by atoms with Crippen LogP contribution >= 0.6 is 11.6 Å². The molecule has 1 fully saturated rings. The average Bonchev–Trinajstić information content (AvgIpc) is 3.51. The number of carbonyl (C=O) groups is 1. The molecule has 3 heterocycles. The summed E-state index contributed by atoms with van der Waals surface area (Å²) < 4.78 is 11.0. The summed E-state index contributed by atoms with van der Waals surface area (Å²) in [6, 6.07) is 15.8. The number of nitrogens with one attached hydrogen (secondary N) is 1. The molecular weight excluding hydrogens is 476 g/mol. The van der Waals surface area contributed by atoms with Gasteiger partial charge in [-0.2, -0.15) is 0 Å². The Morgan fingerprint density at radius 2 is 2.06 bits per heavy atom. The van der Waals surface area contributed by atoms with Crippen molar-refractivity contribution < 1.29 is 14.1 Å². The number of carbonyl (C=O) groups excluding carboxylic acids is 1. The number of piperidine rings is 1. The third-order valence-corrected chi connectivity index (χ3v) is 7.06. The molecule has 0 spiro atoms. The van der Waals surface area contributed by atoms with E-state index in [1.165, 1.54) is 5.56 Å². The number of nitrogens with zero attached hydrogens (tertiary/aromatic N) is 3. The van der Waals surface area contributed by atoms with Gasteiger partial charge in [-0.25, -0.2) is 0 Å². The fraction of sp³-hybridized carbons (Fsp3) is 0.357. The van der Waals surface area contributed by atoms with Crippen LogP contribution in [-0.4, -0.2) is 52.6 Å². The molecule has 1 N–H and O–H groups in total. The van der Waals surface area contributed by atoms with Crippen molar-refractivity contribution in [2.75, 3.05) is 26.7 Å². The van der Waals surface area contributed by atoms with Gasteiger partial charge >= 0.3 is 0 Å². The van der Waals surface area contributed by atoms with Crippen molar-refractivity contribution in [3.8, 4) is 5.75 Å². The highest BCUT2D eigenvalue weighted by Crippen LogP contribution is 2.27.